The van der Waals surface area contributed by atoms with Crippen LogP contribution in [0.1, 0.15) is 0 Å². The molecule has 244 valence electrons. The zero-order valence-corrected chi connectivity index (χ0v) is 28.4. The van der Waals surface area contributed by atoms with E-state index in [9.17, 15) is 0 Å². The van der Waals surface area contributed by atoms with Gasteiger partial charge in [-0.15, -0.1) is 0 Å². The molecule has 0 amide bonds. The predicted molar refractivity (Wildman–Crippen MR) is 220 cm³/mol. The standard InChI is InChI=1S/C50H33NO/c1-3-14-34(15-4-1)35-26-30-38(31-27-35)51(39-32-28-36(29-33-39)40-23-13-24-46-43-20-11-12-25-47(43)52-50(40)46)49-45-22-10-8-19-42(45)41-18-7-9-21-44(41)48(49)37-16-5-2-6-17-37/h1-33H. The number of nitrogens with zero attached hydrogens (tertiary/aromatic N) is 1. The van der Waals surface area contributed by atoms with Gasteiger partial charge in [0.05, 0.1) is 5.69 Å². The quantitative estimate of drug-likeness (QED) is 0.165. The predicted octanol–water partition coefficient (Wildman–Crippen LogP) is 14.4. The van der Waals surface area contributed by atoms with Gasteiger partial charge < -0.3 is 9.32 Å². The Labute approximate surface area is 302 Å². The van der Waals surface area contributed by atoms with Gasteiger partial charge in [-0.25, -0.2) is 0 Å². The number of fused-ring (bicyclic) bond motifs is 6. The first-order valence-corrected chi connectivity index (χ1v) is 17.8. The van der Waals surface area contributed by atoms with E-state index in [0.717, 1.165) is 50.1 Å². The van der Waals surface area contributed by atoms with E-state index in [0.29, 0.717) is 0 Å². The molecule has 10 aromatic rings. The van der Waals surface area contributed by atoms with E-state index in [1.807, 2.05) is 12.1 Å². The summed E-state index contributed by atoms with van der Waals surface area (Å²) in [6.45, 7) is 0. The highest BCUT2D eigenvalue weighted by atomic mass is 16.3. The zero-order chi connectivity index (χ0) is 34.4. The Kier molecular flexibility index (Phi) is 7.18. The van der Waals surface area contributed by atoms with Crippen LogP contribution in [0.4, 0.5) is 17.1 Å². The lowest BCUT2D eigenvalue weighted by atomic mass is 9.90. The molecular formula is C50H33NO. The molecule has 52 heavy (non-hydrogen) atoms. The normalized spacial score (nSPS) is 11.5. The summed E-state index contributed by atoms with van der Waals surface area (Å²) in [5, 5.41) is 7.16. The molecule has 0 N–H and O–H groups in total. The summed E-state index contributed by atoms with van der Waals surface area (Å²) in [7, 11) is 0. The van der Waals surface area contributed by atoms with Gasteiger partial charge in [-0.1, -0.05) is 170 Å². The van der Waals surface area contributed by atoms with Crippen molar-refractivity contribution in [3.63, 3.8) is 0 Å². The fourth-order valence-corrected chi connectivity index (χ4v) is 7.86. The fraction of sp³-hybridized carbons (Fsp3) is 0. The van der Waals surface area contributed by atoms with Crippen molar-refractivity contribution in [2.45, 2.75) is 0 Å². The first-order valence-electron chi connectivity index (χ1n) is 17.8. The second-order valence-electron chi connectivity index (χ2n) is 13.3. The number of rotatable bonds is 6. The summed E-state index contributed by atoms with van der Waals surface area (Å²) in [6, 6.07) is 71.7. The van der Waals surface area contributed by atoms with Crippen molar-refractivity contribution in [3.05, 3.63) is 200 Å². The Bertz CT molecular complexity index is 2870. The first-order chi connectivity index (χ1) is 25.8. The van der Waals surface area contributed by atoms with Gasteiger partial charge in [0, 0.05) is 38.7 Å². The molecule has 0 saturated carbocycles. The van der Waals surface area contributed by atoms with Crippen LogP contribution in [0.5, 0.6) is 0 Å². The molecule has 1 aromatic heterocycles. The van der Waals surface area contributed by atoms with Crippen LogP contribution < -0.4 is 4.90 Å². The summed E-state index contributed by atoms with van der Waals surface area (Å²) in [6.07, 6.45) is 0. The number of benzene rings is 9. The van der Waals surface area contributed by atoms with Crippen LogP contribution in [-0.4, -0.2) is 0 Å². The Morgan fingerprint density at radius 1 is 0.308 bits per heavy atom. The highest BCUT2D eigenvalue weighted by Gasteiger charge is 2.24. The van der Waals surface area contributed by atoms with Crippen LogP contribution >= 0.6 is 0 Å². The van der Waals surface area contributed by atoms with E-state index in [2.05, 4.69) is 193 Å². The number of furan rings is 1. The average Bonchev–Trinajstić information content (AvgIpc) is 3.61. The van der Waals surface area contributed by atoms with Gasteiger partial charge in [0.15, 0.2) is 0 Å². The molecule has 0 spiro atoms. The second kappa shape index (κ2) is 12.5. The van der Waals surface area contributed by atoms with Crippen molar-refractivity contribution in [2.75, 3.05) is 4.90 Å². The van der Waals surface area contributed by atoms with Gasteiger partial charge in [-0.3, -0.25) is 0 Å². The molecule has 10 rings (SSSR count). The van der Waals surface area contributed by atoms with Gasteiger partial charge in [0.25, 0.3) is 0 Å². The third-order valence-corrected chi connectivity index (χ3v) is 10.3. The minimum absolute atomic E-state index is 0.906. The van der Waals surface area contributed by atoms with Crippen LogP contribution in [0.15, 0.2) is 205 Å². The van der Waals surface area contributed by atoms with E-state index >= 15 is 0 Å². The largest absolute Gasteiger partial charge is 0.455 e. The summed E-state index contributed by atoms with van der Waals surface area (Å²) in [5.41, 5.74) is 12.1. The Morgan fingerprint density at radius 3 is 1.46 bits per heavy atom. The van der Waals surface area contributed by atoms with E-state index in [1.54, 1.807) is 0 Å². The number of hydrogen-bond acceptors (Lipinski definition) is 2. The third kappa shape index (κ3) is 4.96. The van der Waals surface area contributed by atoms with E-state index < -0.39 is 0 Å². The number of hydrogen-bond donors (Lipinski definition) is 0. The Morgan fingerprint density at radius 2 is 0.788 bits per heavy atom. The monoisotopic (exact) mass is 663 g/mol. The van der Waals surface area contributed by atoms with Crippen LogP contribution in [0.25, 0.3) is 76.9 Å². The summed E-state index contributed by atoms with van der Waals surface area (Å²) in [5.74, 6) is 0. The van der Waals surface area contributed by atoms with Crippen molar-refractivity contribution in [1.82, 2.24) is 0 Å². The van der Waals surface area contributed by atoms with Gasteiger partial charge in [-0.05, 0) is 68.7 Å². The molecule has 0 bridgehead atoms. The minimum atomic E-state index is 0.906. The van der Waals surface area contributed by atoms with Crippen molar-refractivity contribution >= 4 is 60.5 Å². The van der Waals surface area contributed by atoms with Gasteiger partial charge in [0.2, 0.25) is 0 Å². The van der Waals surface area contributed by atoms with Crippen LogP contribution in [0.3, 0.4) is 0 Å². The highest BCUT2D eigenvalue weighted by molar-refractivity contribution is 6.22. The molecule has 0 saturated heterocycles. The lowest BCUT2D eigenvalue weighted by Crippen LogP contribution is -2.12. The first kappa shape index (κ1) is 30.0. The van der Waals surface area contributed by atoms with E-state index in [4.69, 9.17) is 4.42 Å². The molecule has 1 heterocycles. The molecule has 0 aliphatic heterocycles. The maximum absolute atomic E-state index is 6.45. The number of para-hydroxylation sites is 2. The molecule has 0 radical (unpaired) electrons. The maximum atomic E-state index is 6.45. The maximum Gasteiger partial charge on any atom is 0.143 e. The smallest absolute Gasteiger partial charge is 0.143 e. The van der Waals surface area contributed by atoms with Crippen molar-refractivity contribution < 1.29 is 4.42 Å². The highest BCUT2D eigenvalue weighted by Crippen LogP contribution is 2.49. The number of anilines is 3. The second-order valence-corrected chi connectivity index (χ2v) is 13.3. The molecular weight excluding hydrogens is 631 g/mol. The van der Waals surface area contributed by atoms with E-state index in [-0.39, 0.29) is 0 Å². The van der Waals surface area contributed by atoms with Crippen LogP contribution in [-0.2, 0) is 0 Å². The zero-order valence-electron chi connectivity index (χ0n) is 28.4. The van der Waals surface area contributed by atoms with Gasteiger partial charge in [-0.2, -0.15) is 0 Å². The molecule has 0 aliphatic carbocycles. The summed E-state index contributed by atoms with van der Waals surface area (Å²) in [4.78, 5) is 2.44. The van der Waals surface area contributed by atoms with Crippen molar-refractivity contribution in [3.8, 4) is 33.4 Å². The van der Waals surface area contributed by atoms with Crippen molar-refractivity contribution in [1.29, 1.82) is 0 Å². The van der Waals surface area contributed by atoms with Crippen LogP contribution in [0, 0.1) is 0 Å². The Balaban J connectivity index is 1.22. The minimum Gasteiger partial charge on any atom is -0.455 e. The van der Waals surface area contributed by atoms with Crippen LogP contribution in [0.2, 0.25) is 0 Å². The lowest BCUT2D eigenvalue weighted by molar-refractivity contribution is 0.670. The average molecular weight is 664 g/mol. The molecule has 2 heteroatoms. The fourth-order valence-electron chi connectivity index (χ4n) is 7.86. The molecule has 2 nitrogen and oxygen atoms in total. The molecule has 0 aliphatic rings. The van der Waals surface area contributed by atoms with Gasteiger partial charge in [0.1, 0.15) is 11.2 Å². The van der Waals surface area contributed by atoms with Gasteiger partial charge >= 0.3 is 0 Å². The molecule has 9 aromatic carbocycles. The molecule has 0 atom stereocenters. The van der Waals surface area contributed by atoms with Crippen molar-refractivity contribution in [2.24, 2.45) is 0 Å². The molecule has 0 fully saturated rings. The topological polar surface area (TPSA) is 16.4 Å². The molecule has 0 unspecified atom stereocenters. The summed E-state index contributed by atoms with van der Waals surface area (Å²) < 4.78 is 6.45. The third-order valence-electron chi connectivity index (χ3n) is 10.3. The summed E-state index contributed by atoms with van der Waals surface area (Å²) >= 11 is 0. The SMILES string of the molecule is c1ccc(-c2ccc(N(c3ccc(-c4cccc5c4oc4ccccc45)cc3)c3c(-c4ccccc4)c4ccccc4c4ccccc34)cc2)cc1. The lowest BCUT2D eigenvalue weighted by Gasteiger charge is -2.31. The van der Waals surface area contributed by atoms with E-state index in [1.165, 1.54) is 43.8 Å². The Hall–Kier alpha value is -6.90.